The Bertz CT molecular complexity index is 583. The summed E-state index contributed by atoms with van der Waals surface area (Å²) in [5.74, 6) is 0.0901. The molecule has 0 bridgehead atoms. The second kappa shape index (κ2) is 10.7. The van der Waals surface area contributed by atoms with Crippen LogP contribution in [0.5, 0.6) is 0 Å². The van der Waals surface area contributed by atoms with Gasteiger partial charge in [0.15, 0.2) is 6.29 Å². The highest BCUT2D eigenvalue weighted by Crippen LogP contribution is 2.39. The molecule has 1 heterocycles. The number of rotatable bonds is 8. The van der Waals surface area contributed by atoms with Crippen LogP contribution in [0, 0.1) is 23.5 Å². The largest absolute Gasteiger partial charge is 0.380 e. The lowest BCUT2D eigenvalue weighted by Gasteiger charge is -2.37. The molecule has 158 valence electrons. The SMILES string of the molecule is CCCCCC1COC(C2CCC(c3cc(F)c(COC)c(F)c3)CC2)OC1. The fraction of sp³-hybridized carbons (Fsp3) is 0.739. The Kier molecular flexibility index (Phi) is 8.24. The average Bonchev–Trinajstić information content (AvgIpc) is 2.71. The van der Waals surface area contributed by atoms with E-state index in [-0.39, 0.29) is 24.4 Å². The first-order chi connectivity index (χ1) is 13.6. The molecule has 0 unspecified atom stereocenters. The van der Waals surface area contributed by atoms with Gasteiger partial charge in [0, 0.05) is 24.5 Å². The van der Waals surface area contributed by atoms with Crippen molar-refractivity contribution in [3.8, 4) is 0 Å². The third-order valence-electron chi connectivity index (χ3n) is 6.29. The minimum atomic E-state index is -0.507. The number of hydrogen-bond donors (Lipinski definition) is 0. The van der Waals surface area contributed by atoms with Crippen LogP contribution in [0.25, 0.3) is 0 Å². The maximum atomic E-state index is 14.2. The molecule has 1 saturated carbocycles. The summed E-state index contributed by atoms with van der Waals surface area (Å²) in [4.78, 5) is 0. The van der Waals surface area contributed by atoms with Crippen LogP contribution in [-0.2, 0) is 20.8 Å². The fourth-order valence-electron chi connectivity index (χ4n) is 4.55. The summed E-state index contributed by atoms with van der Waals surface area (Å²) >= 11 is 0. The topological polar surface area (TPSA) is 27.7 Å². The van der Waals surface area contributed by atoms with Crippen LogP contribution in [-0.4, -0.2) is 26.6 Å². The molecule has 1 aromatic carbocycles. The molecule has 0 amide bonds. The van der Waals surface area contributed by atoms with Gasteiger partial charge in [-0.15, -0.1) is 0 Å². The number of unbranched alkanes of at least 4 members (excludes halogenated alkanes) is 2. The van der Waals surface area contributed by atoms with Crippen molar-refractivity contribution in [2.75, 3.05) is 20.3 Å². The van der Waals surface area contributed by atoms with Gasteiger partial charge < -0.3 is 14.2 Å². The Morgan fingerprint density at radius 1 is 1.00 bits per heavy atom. The van der Waals surface area contributed by atoms with E-state index in [1.165, 1.54) is 44.9 Å². The van der Waals surface area contributed by atoms with E-state index in [0.29, 0.717) is 11.8 Å². The molecule has 3 nitrogen and oxygen atoms in total. The maximum Gasteiger partial charge on any atom is 0.160 e. The predicted molar refractivity (Wildman–Crippen MR) is 105 cm³/mol. The normalized spacial score (nSPS) is 28.4. The van der Waals surface area contributed by atoms with Crippen LogP contribution in [0.4, 0.5) is 8.78 Å². The van der Waals surface area contributed by atoms with Gasteiger partial charge in [-0.3, -0.25) is 0 Å². The van der Waals surface area contributed by atoms with Gasteiger partial charge in [-0.05, 0) is 55.7 Å². The number of benzene rings is 1. The summed E-state index contributed by atoms with van der Waals surface area (Å²) in [7, 11) is 1.44. The molecule has 0 radical (unpaired) electrons. The molecule has 0 spiro atoms. The molecular formula is C23H34F2O3. The Balaban J connectivity index is 1.47. The lowest BCUT2D eigenvalue weighted by molar-refractivity contribution is -0.229. The molecule has 1 aromatic rings. The van der Waals surface area contributed by atoms with Crippen LogP contribution >= 0.6 is 0 Å². The van der Waals surface area contributed by atoms with Gasteiger partial charge >= 0.3 is 0 Å². The van der Waals surface area contributed by atoms with E-state index in [1.54, 1.807) is 0 Å². The van der Waals surface area contributed by atoms with Crippen molar-refractivity contribution >= 4 is 0 Å². The molecular weight excluding hydrogens is 362 g/mol. The third kappa shape index (κ3) is 5.52. The summed E-state index contributed by atoms with van der Waals surface area (Å²) in [6.45, 7) is 3.77. The molecule has 3 rings (SSSR count). The van der Waals surface area contributed by atoms with Crippen molar-refractivity contribution in [3.63, 3.8) is 0 Å². The Morgan fingerprint density at radius 2 is 1.64 bits per heavy atom. The second-order valence-electron chi connectivity index (χ2n) is 8.40. The van der Waals surface area contributed by atoms with Crippen LogP contribution in [0.3, 0.4) is 0 Å². The highest BCUT2D eigenvalue weighted by Gasteiger charge is 2.33. The Labute approximate surface area is 167 Å². The van der Waals surface area contributed by atoms with Crippen LogP contribution in [0.1, 0.15) is 75.3 Å². The van der Waals surface area contributed by atoms with E-state index in [2.05, 4.69) is 6.92 Å². The molecule has 28 heavy (non-hydrogen) atoms. The van der Waals surface area contributed by atoms with Crippen LogP contribution in [0.2, 0.25) is 0 Å². The van der Waals surface area contributed by atoms with Crippen molar-refractivity contribution in [2.24, 2.45) is 11.8 Å². The van der Waals surface area contributed by atoms with E-state index in [0.717, 1.165) is 44.5 Å². The quantitative estimate of drug-likeness (QED) is 0.508. The second-order valence-corrected chi connectivity index (χ2v) is 8.40. The molecule has 2 fully saturated rings. The van der Waals surface area contributed by atoms with Crippen molar-refractivity contribution in [1.82, 2.24) is 0 Å². The average molecular weight is 397 g/mol. The standard InChI is InChI=1S/C23H34F2O3/c1-3-4-5-6-16-13-27-23(28-14-16)18-9-7-17(8-10-18)19-11-21(24)20(15-26-2)22(25)12-19/h11-12,16-18,23H,3-10,13-15H2,1-2H3. The first-order valence-corrected chi connectivity index (χ1v) is 10.8. The molecule has 0 N–H and O–H groups in total. The maximum absolute atomic E-state index is 14.2. The summed E-state index contributed by atoms with van der Waals surface area (Å²) in [5, 5.41) is 0. The Morgan fingerprint density at radius 3 is 2.21 bits per heavy atom. The van der Waals surface area contributed by atoms with E-state index in [4.69, 9.17) is 14.2 Å². The van der Waals surface area contributed by atoms with Gasteiger partial charge in [0.05, 0.1) is 19.8 Å². The van der Waals surface area contributed by atoms with Gasteiger partial charge in [-0.25, -0.2) is 8.78 Å². The number of methoxy groups -OCH3 is 1. The lowest BCUT2D eigenvalue weighted by Crippen LogP contribution is -2.38. The highest BCUT2D eigenvalue weighted by molar-refractivity contribution is 5.28. The zero-order chi connectivity index (χ0) is 19.9. The molecule has 1 saturated heterocycles. The van der Waals surface area contributed by atoms with Crippen molar-refractivity contribution < 1.29 is 23.0 Å². The number of ether oxygens (including phenoxy) is 3. The third-order valence-corrected chi connectivity index (χ3v) is 6.29. The first-order valence-electron chi connectivity index (χ1n) is 10.8. The smallest absolute Gasteiger partial charge is 0.160 e. The van der Waals surface area contributed by atoms with Crippen molar-refractivity contribution in [1.29, 1.82) is 0 Å². The summed E-state index contributed by atoms with van der Waals surface area (Å²) in [6.07, 6.45) is 8.61. The van der Waals surface area contributed by atoms with Crippen LogP contribution < -0.4 is 0 Å². The number of halogens is 2. The van der Waals surface area contributed by atoms with Crippen molar-refractivity contribution in [3.05, 3.63) is 34.9 Å². The Hall–Kier alpha value is -1.04. The summed E-state index contributed by atoms with van der Waals surface area (Å²) in [6, 6.07) is 2.97. The first kappa shape index (κ1) is 21.7. The molecule has 5 heteroatoms. The van der Waals surface area contributed by atoms with Gasteiger partial charge in [0.25, 0.3) is 0 Å². The highest BCUT2D eigenvalue weighted by atomic mass is 19.1. The van der Waals surface area contributed by atoms with E-state index < -0.39 is 11.6 Å². The van der Waals surface area contributed by atoms with Crippen LogP contribution in [0.15, 0.2) is 12.1 Å². The minimum absolute atomic E-state index is 0.0115. The van der Waals surface area contributed by atoms with Gasteiger partial charge in [-0.1, -0.05) is 26.2 Å². The van der Waals surface area contributed by atoms with E-state index in [1.807, 2.05) is 0 Å². The zero-order valence-electron chi connectivity index (χ0n) is 17.2. The lowest BCUT2D eigenvalue weighted by atomic mass is 9.78. The minimum Gasteiger partial charge on any atom is -0.380 e. The van der Waals surface area contributed by atoms with E-state index in [9.17, 15) is 8.78 Å². The van der Waals surface area contributed by atoms with Gasteiger partial charge in [-0.2, -0.15) is 0 Å². The van der Waals surface area contributed by atoms with E-state index >= 15 is 0 Å². The number of hydrogen-bond acceptors (Lipinski definition) is 3. The summed E-state index contributed by atoms with van der Waals surface area (Å²) < 4.78 is 45.4. The molecule has 1 aliphatic carbocycles. The molecule has 2 aliphatic rings. The predicted octanol–water partition coefficient (Wildman–Crippen LogP) is 5.95. The van der Waals surface area contributed by atoms with Gasteiger partial charge in [0.1, 0.15) is 11.6 Å². The molecule has 0 aromatic heterocycles. The van der Waals surface area contributed by atoms with Gasteiger partial charge in [0.2, 0.25) is 0 Å². The summed E-state index contributed by atoms with van der Waals surface area (Å²) in [5.41, 5.74) is 0.771. The molecule has 0 atom stereocenters. The monoisotopic (exact) mass is 396 g/mol. The zero-order valence-corrected chi connectivity index (χ0v) is 17.2. The molecule has 1 aliphatic heterocycles. The van der Waals surface area contributed by atoms with Crippen molar-refractivity contribution in [2.45, 2.75) is 77.1 Å². The fourth-order valence-corrected chi connectivity index (χ4v) is 4.55.